The molecular formula is C15H21NS2. The van der Waals surface area contributed by atoms with Gasteiger partial charge in [-0.1, -0.05) is 13.8 Å². The summed E-state index contributed by atoms with van der Waals surface area (Å²) in [6.45, 7) is 5.54. The molecule has 0 amide bonds. The van der Waals surface area contributed by atoms with E-state index in [0.717, 1.165) is 19.4 Å². The van der Waals surface area contributed by atoms with E-state index in [1.807, 2.05) is 11.3 Å². The second-order valence-corrected chi connectivity index (χ2v) is 6.48. The van der Waals surface area contributed by atoms with E-state index in [-0.39, 0.29) is 0 Å². The largest absolute Gasteiger partial charge is 0.309 e. The molecule has 1 atom stereocenters. The summed E-state index contributed by atoms with van der Waals surface area (Å²) in [5.41, 5.74) is 1.44. The van der Waals surface area contributed by atoms with Crippen LogP contribution in [0, 0.1) is 0 Å². The van der Waals surface area contributed by atoms with Crippen molar-refractivity contribution in [1.29, 1.82) is 0 Å². The number of hydrogen-bond donors (Lipinski definition) is 1. The molecule has 1 unspecified atom stereocenters. The Morgan fingerprint density at radius 3 is 2.72 bits per heavy atom. The minimum Gasteiger partial charge on any atom is -0.309 e. The third kappa shape index (κ3) is 3.67. The van der Waals surface area contributed by atoms with Gasteiger partial charge in [-0.25, -0.2) is 0 Å². The number of hydrogen-bond acceptors (Lipinski definition) is 3. The predicted octanol–water partition coefficient (Wildman–Crippen LogP) is 4.66. The van der Waals surface area contributed by atoms with Crippen molar-refractivity contribution < 1.29 is 0 Å². The third-order valence-electron chi connectivity index (χ3n) is 3.04. The maximum atomic E-state index is 3.68. The molecule has 0 aromatic carbocycles. The molecule has 0 saturated heterocycles. The molecule has 2 heterocycles. The van der Waals surface area contributed by atoms with Gasteiger partial charge in [0.25, 0.3) is 0 Å². The van der Waals surface area contributed by atoms with E-state index in [0.29, 0.717) is 6.04 Å². The molecule has 0 aliphatic rings. The van der Waals surface area contributed by atoms with Crippen LogP contribution in [0.4, 0.5) is 0 Å². The summed E-state index contributed by atoms with van der Waals surface area (Å²) >= 11 is 3.74. The van der Waals surface area contributed by atoms with Gasteiger partial charge < -0.3 is 5.32 Å². The second kappa shape index (κ2) is 7.07. The fraction of sp³-hybridized carbons (Fsp3) is 0.467. The van der Waals surface area contributed by atoms with Crippen molar-refractivity contribution in [1.82, 2.24) is 5.32 Å². The highest BCUT2D eigenvalue weighted by molar-refractivity contribution is 7.12. The second-order valence-electron chi connectivity index (χ2n) is 4.50. The fourth-order valence-corrected chi connectivity index (χ4v) is 3.72. The zero-order chi connectivity index (χ0) is 12.8. The Morgan fingerprint density at radius 1 is 1.22 bits per heavy atom. The van der Waals surface area contributed by atoms with Crippen LogP contribution in [0.3, 0.4) is 0 Å². The van der Waals surface area contributed by atoms with Crippen LogP contribution in [0.1, 0.15) is 41.6 Å². The molecule has 0 spiro atoms. The van der Waals surface area contributed by atoms with Crippen LogP contribution >= 0.6 is 22.7 Å². The zero-order valence-electron chi connectivity index (χ0n) is 11.1. The summed E-state index contributed by atoms with van der Waals surface area (Å²) in [4.78, 5) is 2.96. The highest BCUT2D eigenvalue weighted by Gasteiger charge is 2.13. The molecule has 0 radical (unpaired) electrons. The highest BCUT2D eigenvalue weighted by Crippen LogP contribution is 2.27. The standard InChI is InChI=1S/C15H21NS2/c1-3-8-16-14(10-12-7-9-17-11-12)15-6-5-13(4-2)18-15/h5-7,9,11,14,16H,3-4,8,10H2,1-2H3. The predicted molar refractivity (Wildman–Crippen MR) is 82.8 cm³/mol. The Kier molecular flexibility index (Phi) is 5.42. The van der Waals surface area contributed by atoms with Crippen LogP contribution in [0.15, 0.2) is 29.0 Å². The van der Waals surface area contributed by atoms with E-state index in [1.54, 1.807) is 11.3 Å². The van der Waals surface area contributed by atoms with Gasteiger partial charge in [0.2, 0.25) is 0 Å². The third-order valence-corrected chi connectivity index (χ3v) is 5.11. The molecule has 2 rings (SSSR count). The Balaban J connectivity index is 2.08. The van der Waals surface area contributed by atoms with E-state index < -0.39 is 0 Å². The van der Waals surface area contributed by atoms with Crippen molar-refractivity contribution in [2.24, 2.45) is 0 Å². The summed E-state index contributed by atoms with van der Waals surface area (Å²) in [6.07, 6.45) is 3.43. The Hall–Kier alpha value is -0.640. The molecular weight excluding hydrogens is 258 g/mol. The fourth-order valence-electron chi connectivity index (χ4n) is 2.01. The van der Waals surface area contributed by atoms with Crippen LogP contribution in [-0.4, -0.2) is 6.54 Å². The highest BCUT2D eigenvalue weighted by atomic mass is 32.1. The molecule has 0 aliphatic carbocycles. The Bertz CT molecular complexity index is 445. The molecule has 3 heteroatoms. The molecule has 2 aromatic heterocycles. The smallest absolute Gasteiger partial charge is 0.0456 e. The number of nitrogens with one attached hydrogen (secondary N) is 1. The lowest BCUT2D eigenvalue weighted by Crippen LogP contribution is -2.23. The molecule has 1 N–H and O–H groups in total. The van der Waals surface area contributed by atoms with Crippen LogP contribution < -0.4 is 5.32 Å². The summed E-state index contributed by atoms with van der Waals surface area (Å²) in [6, 6.07) is 7.28. The summed E-state index contributed by atoms with van der Waals surface area (Å²) in [5.74, 6) is 0. The molecule has 0 bridgehead atoms. The van der Waals surface area contributed by atoms with E-state index in [1.165, 1.54) is 21.7 Å². The molecule has 1 nitrogen and oxygen atoms in total. The van der Waals surface area contributed by atoms with Crippen molar-refractivity contribution in [3.63, 3.8) is 0 Å². The van der Waals surface area contributed by atoms with Gasteiger partial charge in [-0.05, 0) is 60.3 Å². The Morgan fingerprint density at radius 2 is 2.11 bits per heavy atom. The zero-order valence-corrected chi connectivity index (χ0v) is 12.7. The van der Waals surface area contributed by atoms with Gasteiger partial charge in [-0.3, -0.25) is 0 Å². The molecule has 0 saturated carbocycles. The summed E-state index contributed by atoms with van der Waals surface area (Å²) < 4.78 is 0. The van der Waals surface area contributed by atoms with Gasteiger partial charge in [0.1, 0.15) is 0 Å². The van der Waals surface area contributed by atoms with Gasteiger partial charge in [-0.2, -0.15) is 11.3 Å². The van der Waals surface area contributed by atoms with Gasteiger partial charge in [0, 0.05) is 15.8 Å². The average Bonchev–Trinajstić information content (AvgIpc) is 3.05. The quantitative estimate of drug-likeness (QED) is 0.777. The first-order valence-corrected chi connectivity index (χ1v) is 8.42. The first-order valence-electron chi connectivity index (χ1n) is 6.66. The van der Waals surface area contributed by atoms with Crippen molar-refractivity contribution in [2.75, 3.05) is 6.54 Å². The first kappa shape index (κ1) is 13.8. The molecule has 98 valence electrons. The van der Waals surface area contributed by atoms with E-state index in [4.69, 9.17) is 0 Å². The van der Waals surface area contributed by atoms with Crippen LogP contribution in [0.5, 0.6) is 0 Å². The maximum absolute atomic E-state index is 3.68. The van der Waals surface area contributed by atoms with Gasteiger partial charge in [0.15, 0.2) is 0 Å². The van der Waals surface area contributed by atoms with E-state index in [2.05, 4.69) is 48.1 Å². The minimum absolute atomic E-state index is 0.477. The van der Waals surface area contributed by atoms with Gasteiger partial charge in [0.05, 0.1) is 0 Å². The molecule has 18 heavy (non-hydrogen) atoms. The van der Waals surface area contributed by atoms with Crippen molar-refractivity contribution in [2.45, 2.75) is 39.2 Å². The minimum atomic E-state index is 0.477. The normalized spacial score (nSPS) is 12.8. The summed E-state index contributed by atoms with van der Waals surface area (Å²) in [7, 11) is 0. The lowest BCUT2D eigenvalue weighted by molar-refractivity contribution is 0.537. The first-order chi connectivity index (χ1) is 8.83. The Labute approximate surface area is 118 Å². The van der Waals surface area contributed by atoms with Gasteiger partial charge in [-0.15, -0.1) is 11.3 Å². The average molecular weight is 279 g/mol. The number of thiophene rings is 2. The van der Waals surface area contributed by atoms with Crippen LogP contribution in [0.2, 0.25) is 0 Å². The monoisotopic (exact) mass is 279 g/mol. The van der Waals surface area contributed by atoms with E-state index in [9.17, 15) is 0 Å². The molecule has 0 aliphatic heterocycles. The maximum Gasteiger partial charge on any atom is 0.0456 e. The molecule has 0 fully saturated rings. The van der Waals surface area contributed by atoms with E-state index >= 15 is 0 Å². The van der Waals surface area contributed by atoms with Gasteiger partial charge >= 0.3 is 0 Å². The van der Waals surface area contributed by atoms with Crippen molar-refractivity contribution >= 4 is 22.7 Å². The number of aryl methyl sites for hydroxylation is 1. The molecule has 2 aromatic rings. The SMILES string of the molecule is CCCNC(Cc1ccsc1)c1ccc(CC)s1. The lowest BCUT2D eigenvalue weighted by Gasteiger charge is -2.16. The van der Waals surface area contributed by atoms with Crippen molar-refractivity contribution in [3.05, 3.63) is 44.3 Å². The summed E-state index contributed by atoms with van der Waals surface area (Å²) in [5, 5.41) is 8.10. The van der Waals surface area contributed by atoms with Crippen LogP contribution in [-0.2, 0) is 12.8 Å². The topological polar surface area (TPSA) is 12.0 Å². The van der Waals surface area contributed by atoms with Crippen molar-refractivity contribution in [3.8, 4) is 0 Å². The van der Waals surface area contributed by atoms with Crippen LogP contribution in [0.25, 0.3) is 0 Å². The lowest BCUT2D eigenvalue weighted by atomic mass is 10.1. The number of rotatable bonds is 7.